The molecule has 25 heavy (non-hydrogen) atoms. The van der Waals surface area contributed by atoms with E-state index in [0.717, 1.165) is 5.56 Å². The van der Waals surface area contributed by atoms with Gasteiger partial charge in [-0.2, -0.15) is 0 Å². The van der Waals surface area contributed by atoms with Gasteiger partial charge in [-0.3, -0.25) is 0 Å². The molecule has 0 aliphatic rings. The van der Waals surface area contributed by atoms with Gasteiger partial charge in [0.25, 0.3) is 0 Å². The molecule has 0 aliphatic heterocycles. The van der Waals surface area contributed by atoms with Gasteiger partial charge in [-0.1, -0.05) is 47.5 Å². The van der Waals surface area contributed by atoms with E-state index in [0.29, 0.717) is 22.2 Å². The smallest absolute Gasteiger partial charge is 0.405 e. The van der Waals surface area contributed by atoms with Crippen molar-refractivity contribution in [2.24, 2.45) is 0 Å². The van der Waals surface area contributed by atoms with E-state index in [1.807, 2.05) is 0 Å². The summed E-state index contributed by atoms with van der Waals surface area (Å²) in [5.41, 5.74) is 1.12. The van der Waals surface area contributed by atoms with Crippen molar-refractivity contribution < 1.29 is 17.9 Å². The third kappa shape index (κ3) is 6.61. The zero-order valence-electron chi connectivity index (χ0n) is 12.7. The van der Waals surface area contributed by atoms with Gasteiger partial charge in [-0.15, -0.1) is 13.2 Å². The normalized spacial score (nSPS) is 11.1. The quantitative estimate of drug-likeness (QED) is 0.677. The SMILES string of the molecule is FC(F)(F)Oc1ccccc1CNC(=S)NCc1ccc(Cl)cc1Cl. The molecule has 3 nitrogen and oxygen atoms in total. The van der Waals surface area contributed by atoms with Crippen molar-refractivity contribution in [3.05, 3.63) is 63.6 Å². The van der Waals surface area contributed by atoms with Crippen molar-refractivity contribution in [2.75, 3.05) is 0 Å². The lowest BCUT2D eigenvalue weighted by molar-refractivity contribution is -0.274. The fraction of sp³-hybridized carbons (Fsp3) is 0.188. The molecular formula is C16H13Cl2F3N2OS. The number of thiocarbonyl (C=S) groups is 1. The molecule has 0 saturated carbocycles. The zero-order valence-corrected chi connectivity index (χ0v) is 15.0. The first-order chi connectivity index (χ1) is 11.7. The number of nitrogens with one attached hydrogen (secondary N) is 2. The topological polar surface area (TPSA) is 33.3 Å². The molecule has 134 valence electrons. The zero-order chi connectivity index (χ0) is 18.4. The Labute approximate surface area is 158 Å². The summed E-state index contributed by atoms with van der Waals surface area (Å²) in [5, 5.41) is 7.04. The van der Waals surface area contributed by atoms with Crippen LogP contribution in [0.1, 0.15) is 11.1 Å². The number of ether oxygens (including phenoxy) is 1. The second-order valence-electron chi connectivity index (χ2n) is 4.93. The molecule has 2 aromatic carbocycles. The molecule has 9 heteroatoms. The van der Waals surface area contributed by atoms with E-state index in [-0.39, 0.29) is 17.4 Å². The highest BCUT2D eigenvalue weighted by atomic mass is 35.5. The molecule has 2 aromatic rings. The van der Waals surface area contributed by atoms with Gasteiger partial charge in [-0.05, 0) is 36.0 Å². The Morgan fingerprint density at radius 2 is 1.64 bits per heavy atom. The standard InChI is InChI=1S/C16H13Cl2F3N2OS/c17-12-6-5-10(13(18)7-12)8-22-15(25)23-9-11-3-1-2-4-14(11)24-16(19,20)21/h1-7H,8-9H2,(H2,22,23,25). The molecule has 0 saturated heterocycles. The summed E-state index contributed by atoms with van der Waals surface area (Å²) in [6.45, 7) is 0.426. The lowest BCUT2D eigenvalue weighted by Crippen LogP contribution is -2.34. The number of hydrogen-bond acceptors (Lipinski definition) is 2. The summed E-state index contributed by atoms with van der Waals surface area (Å²) >= 11 is 17.0. The summed E-state index contributed by atoms with van der Waals surface area (Å²) < 4.78 is 41.2. The van der Waals surface area contributed by atoms with Gasteiger partial charge >= 0.3 is 6.36 Å². The van der Waals surface area contributed by atoms with Crippen molar-refractivity contribution in [3.8, 4) is 5.75 Å². The van der Waals surface area contributed by atoms with Gasteiger partial charge < -0.3 is 15.4 Å². The Balaban J connectivity index is 1.90. The highest BCUT2D eigenvalue weighted by Crippen LogP contribution is 2.26. The molecule has 0 fully saturated rings. The van der Waals surface area contributed by atoms with Crippen LogP contribution < -0.4 is 15.4 Å². The molecule has 0 atom stereocenters. The van der Waals surface area contributed by atoms with E-state index in [2.05, 4.69) is 15.4 Å². The second kappa shape index (κ2) is 8.60. The van der Waals surface area contributed by atoms with Crippen LogP contribution in [0.2, 0.25) is 10.0 Å². The summed E-state index contributed by atoms with van der Waals surface area (Å²) in [4.78, 5) is 0. The Bertz CT molecular complexity index is 756. The predicted molar refractivity (Wildman–Crippen MR) is 95.9 cm³/mol. The third-order valence-electron chi connectivity index (χ3n) is 3.09. The summed E-state index contributed by atoms with van der Waals surface area (Å²) in [6.07, 6.45) is -4.75. The average molecular weight is 409 g/mol. The number of rotatable bonds is 5. The van der Waals surface area contributed by atoms with E-state index in [1.54, 1.807) is 24.3 Å². The van der Waals surface area contributed by atoms with Crippen LogP contribution >= 0.6 is 35.4 Å². The van der Waals surface area contributed by atoms with Crippen LogP contribution in [0.3, 0.4) is 0 Å². The Kier molecular flexibility index (Phi) is 6.75. The van der Waals surface area contributed by atoms with Crippen LogP contribution in [0, 0.1) is 0 Å². The number of alkyl halides is 3. The number of hydrogen-bond donors (Lipinski definition) is 2. The van der Waals surface area contributed by atoms with Gasteiger partial charge in [0.2, 0.25) is 0 Å². The number of benzene rings is 2. The molecule has 0 heterocycles. The Hall–Kier alpha value is -1.70. The van der Waals surface area contributed by atoms with Crippen LogP contribution in [-0.2, 0) is 13.1 Å². The van der Waals surface area contributed by atoms with E-state index < -0.39 is 6.36 Å². The maximum atomic E-state index is 12.4. The molecule has 2 rings (SSSR count). The van der Waals surface area contributed by atoms with Gasteiger partial charge in [-0.25, -0.2) is 0 Å². The molecular weight excluding hydrogens is 396 g/mol. The first kappa shape index (κ1) is 19.6. The largest absolute Gasteiger partial charge is 0.573 e. The molecule has 0 aliphatic carbocycles. The molecule has 0 radical (unpaired) electrons. The van der Waals surface area contributed by atoms with Gasteiger partial charge in [0.1, 0.15) is 5.75 Å². The van der Waals surface area contributed by atoms with Crippen LogP contribution in [0.4, 0.5) is 13.2 Å². The summed E-state index contributed by atoms with van der Waals surface area (Å²) in [7, 11) is 0. The average Bonchev–Trinajstić information content (AvgIpc) is 2.52. The van der Waals surface area contributed by atoms with Gasteiger partial charge in [0, 0.05) is 28.7 Å². The maximum absolute atomic E-state index is 12.4. The lowest BCUT2D eigenvalue weighted by atomic mass is 10.2. The summed E-state index contributed by atoms with van der Waals surface area (Å²) in [5.74, 6) is -0.272. The van der Waals surface area contributed by atoms with Gasteiger partial charge in [0.05, 0.1) is 0 Å². The van der Waals surface area contributed by atoms with E-state index in [9.17, 15) is 13.2 Å². The highest BCUT2D eigenvalue weighted by molar-refractivity contribution is 7.80. The van der Waals surface area contributed by atoms with Crippen LogP contribution in [0.25, 0.3) is 0 Å². The molecule has 0 spiro atoms. The van der Waals surface area contributed by atoms with Crippen molar-refractivity contribution >= 4 is 40.5 Å². The molecule has 0 amide bonds. The van der Waals surface area contributed by atoms with E-state index in [4.69, 9.17) is 35.4 Å². The third-order valence-corrected chi connectivity index (χ3v) is 3.97. The first-order valence-electron chi connectivity index (χ1n) is 7.04. The Morgan fingerprint density at radius 1 is 1.00 bits per heavy atom. The fourth-order valence-electron chi connectivity index (χ4n) is 1.95. The minimum atomic E-state index is -4.75. The predicted octanol–water partition coefficient (Wildman–Crippen LogP) is 5.06. The minimum Gasteiger partial charge on any atom is -0.405 e. The highest BCUT2D eigenvalue weighted by Gasteiger charge is 2.31. The van der Waals surface area contributed by atoms with Crippen molar-refractivity contribution in [1.29, 1.82) is 0 Å². The van der Waals surface area contributed by atoms with E-state index in [1.165, 1.54) is 18.2 Å². The molecule has 0 unspecified atom stereocenters. The molecule has 0 aromatic heterocycles. The van der Waals surface area contributed by atoms with E-state index >= 15 is 0 Å². The lowest BCUT2D eigenvalue weighted by Gasteiger charge is -2.15. The minimum absolute atomic E-state index is 0.0758. The number of halogens is 5. The van der Waals surface area contributed by atoms with Crippen molar-refractivity contribution in [3.63, 3.8) is 0 Å². The van der Waals surface area contributed by atoms with Crippen molar-refractivity contribution in [1.82, 2.24) is 10.6 Å². The van der Waals surface area contributed by atoms with Crippen molar-refractivity contribution in [2.45, 2.75) is 19.5 Å². The first-order valence-corrected chi connectivity index (χ1v) is 8.20. The monoisotopic (exact) mass is 408 g/mol. The maximum Gasteiger partial charge on any atom is 0.573 e. The number of para-hydroxylation sites is 1. The molecule has 0 bridgehead atoms. The summed E-state index contributed by atoms with van der Waals surface area (Å²) in [6, 6.07) is 10.9. The molecule has 2 N–H and O–H groups in total. The van der Waals surface area contributed by atoms with Crippen LogP contribution in [-0.4, -0.2) is 11.5 Å². The van der Waals surface area contributed by atoms with Gasteiger partial charge in [0.15, 0.2) is 5.11 Å². The van der Waals surface area contributed by atoms with Crippen LogP contribution in [0.15, 0.2) is 42.5 Å². The fourth-order valence-corrected chi connectivity index (χ4v) is 2.57. The second-order valence-corrected chi connectivity index (χ2v) is 6.18. The van der Waals surface area contributed by atoms with Crippen LogP contribution in [0.5, 0.6) is 5.75 Å². The Morgan fingerprint density at radius 3 is 2.28 bits per heavy atom.